The maximum absolute atomic E-state index is 5.85. The van der Waals surface area contributed by atoms with Gasteiger partial charge in [0.25, 0.3) is 0 Å². The summed E-state index contributed by atoms with van der Waals surface area (Å²) in [5.41, 5.74) is 4.06. The number of alkyl halides is 1. The highest BCUT2D eigenvalue weighted by atomic mass is 35.5. The molecule has 3 heteroatoms. The van der Waals surface area contributed by atoms with E-state index in [1.54, 1.807) is 0 Å². The number of ether oxygens (including phenoxy) is 1. The molecule has 1 aliphatic rings. The van der Waals surface area contributed by atoms with E-state index in [0.29, 0.717) is 5.88 Å². The molecule has 2 rings (SSSR count). The van der Waals surface area contributed by atoms with E-state index in [9.17, 15) is 0 Å². The molecule has 17 heavy (non-hydrogen) atoms. The predicted octanol–water partition coefficient (Wildman–Crippen LogP) is 2.74. The molecule has 0 N–H and O–H groups in total. The first-order valence-corrected chi connectivity index (χ1v) is 6.68. The van der Waals surface area contributed by atoms with Crippen molar-refractivity contribution >= 4 is 11.6 Å². The molecule has 1 aromatic carbocycles. The van der Waals surface area contributed by atoms with E-state index in [4.69, 9.17) is 16.3 Å². The molecule has 1 heterocycles. The Kier molecular flexibility index (Phi) is 4.43. The Morgan fingerprint density at radius 3 is 2.65 bits per heavy atom. The molecule has 0 aromatic heterocycles. The summed E-state index contributed by atoms with van der Waals surface area (Å²) < 4.78 is 5.57. The van der Waals surface area contributed by atoms with Crippen molar-refractivity contribution in [2.45, 2.75) is 26.5 Å². The van der Waals surface area contributed by atoms with Crippen molar-refractivity contribution in [3.8, 4) is 0 Å². The first-order valence-electron chi connectivity index (χ1n) is 6.14. The quantitative estimate of drug-likeness (QED) is 0.768. The van der Waals surface area contributed by atoms with Gasteiger partial charge in [-0.25, -0.2) is 0 Å². The van der Waals surface area contributed by atoms with Gasteiger partial charge in [0.05, 0.1) is 12.7 Å². The van der Waals surface area contributed by atoms with E-state index in [1.165, 1.54) is 16.7 Å². The Bertz CT molecular complexity index is 360. The summed E-state index contributed by atoms with van der Waals surface area (Å²) in [5.74, 6) is 0.587. The summed E-state index contributed by atoms with van der Waals surface area (Å²) in [6.45, 7) is 8.03. The van der Waals surface area contributed by atoms with Gasteiger partial charge < -0.3 is 4.74 Å². The number of hydrogen-bond acceptors (Lipinski definition) is 2. The molecule has 2 nitrogen and oxygen atoms in total. The maximum atomic E-state index is 5.85. The molecule has 1 aliphatic heterocycles. The zero-order chi connectivity index (χ0) is 12.3. The average Bonchev–Trinajstić information content (AvgIpc) is 2.28. The largest absolute Gasteiger partial charge is 0.374 e. The van der Waals surface area contributed by atoms with Gasteiger partial charge in [-0.2, -0.15) is 0 Å². The summed E-state index contributed by atoms with van der Waals surface area (Å²) in [7, 11) is 0. The maximum Gasteiger partial charge on any atom is 0.0837 e. The Morgan fingerprint density at radius 2 is 2.00 bits per heavy atom. The molecule has 0 spiro atoms. The first-order chi connectivity index (χ1) is 8.17. The summed E-state index contributed by atoms with van der Waals surface area (Å²) >= 11 is 5.85. The van der Waals surface area contributed by atoms with E-state index in [1.807, 2.05) is 0 Å². The average molecular weight is 254 g/mol. The molecule has 1 aromatic rings. The van der Waals surface area contributed by atoms with Crippen molar-refractivity contribution in [1.29, 1.82) is 0 Å². The molecule has 0 bridgehead atoms. The van der Waals surface area contributed by atoms with Gasteiger partial charge in [-0.1, -0.05) is 29.3 Å². The van der Waals surface area contributed by atoms with Crippen molar-refractivity contribution in [3.05, 3.63) is 34.9 Å². The first kappa shape index (κ1) is 12.9. The lowest BCUT2D eigenvalue weighted by molar-refractivity contribution is -0.0194. The van der Waals surface area contributed by atoms with Crippen molar-refractivity contribution < 1.29 is 4.74 Å². The van der Waals surface area contributed by atoms with Crippen molar-refractivity contribution in [1.82, 2.24) is 4.90 Å². The molecule has 1 unspecified atom stereocenters. The normalized spacial score (nSPS) is 21.7. The number of halogens is 1. The van der Waals surface area contributed by atoms with Gasteiger partial charge in [-0.05, 0) is 19.4 Å². The summed E-state index contributed by atoms with van der Waals surface area (Å²) in [5, 5.41) is 0. The van der Waals surface area contributed by atoms with Gasteiger partial charge in [0.1, 0.15) is 0 Å². The molecule has 1 fully saturated rings. The van der Waals surface area contributed by atoms with Crippen LogP contribution in [0.2, 0.25) is 0 Å². The minimum atomic E-state index is 0.191. The highest BCUT2D eigenvalue weighted by Gasteiger charge is 2.19. The van der Waals surface area contributed by atoms with Gasteiger partial charge in [0.15, 0.2) is 0 Å². The number of nitrogens with zero attached hydrogens (tertiary/aromatic N) is 1. The lowest BCUT2D eigenvalue weighted by Crippen LogP contribution is -2.42. The van der Waals surface area contributed by atoms with Gasteiger partial charge in [0, 0.05) is 25.5 Å². The molecule has 0 amide bonds. The smallest absolute Gasteiger partial charge is 0.0837 e. The Hall–Kier alpha value is -0.570. The van der Waals surface area contributed by atoms with Crippen LogP contribution in [0.25, 0.3) is 0 Å². The molecule has 0 saturated carbocycles. The lowest BCUT2D eigenvalue weighted by Gasteiger charge is -2.32. The monoisotopic (exact) mass is 253 g/mol. The van der Waals surface area contributed by atoms with Crippen LogP contribution >= 0.6 is 11.6 Å². The molecular formula is C14H20ClNO. The second-order valence-corrected chi connectivity index (χ2v) is 5.19. The summed E-state index contributed by atoms with van der Waals surface area (Å²) in [6, 6.07) is 6.74. The van der Waals surface area contributed by atoms with Crippen molar-refractivity contribution in [2.24, 2.45) is 0 Å². The molecule has 0 aliphatic carbocycles. The summed E-state index contributed by atoms with van der Waals surface area (Å²) in [4.78, 5) is 2.42. The zero-order valence-electron chi connectivity index (χ0n) is 10.6. The number of rotatable bonds is 3. The van der Waals surface area contributed by atoms with Gasteiger partial charge in [0.2, 0.25) is 0 Å². The highest BCUT2D eigenvalue weighted by Crippen LogP contribution is 2.14. The molecule has 1 saturated heterocycles. The fourth-order valence-corrected chi connectivity index (χ4v) is 2.62. The fourth-order valence-electron chi connectivity index (χ4n) is 2.44. The number of benzene rings is 1. The number of morpholine rings is 1. The van der Waals surface area contributed by atoms with E-state index < -0.39 is 0 Å². The molecule has 94 valence electrons. The Balaban J connectivity index is 2.00. The molecule has 0 radical (unpaired) electrons. The third kappa shape index (κ3) is 3.70. The second-order valence-electron chi connectivity index (χ2n) is 4.88. The minimum absolute atomic E-state index is 0.191. The Labute approximate surface area is 109 Å². The van der Waals surface area contributed by atoms with Crippen LogP contribution in [0.15, 0.2) is 18.2 Å². The summed E-state index contributed by atoms with van der Waals surface area (Å²) in [6.07, 6.45) is 0.191. The van der Waals surface area contributed by atoms with Crippen molar-refractivity contribution in [2.75, 3.05) is 25.6 Å². The SMILES string of the molecule is Cc1cc(C)cc(CN2CCOC(CCl)C2)c1. The number of aryl methyl sites for hydroxylation is 2. The highest BCUT2D eigenvalue weighted by molar-refractivity contribution is 6.18. The van der Waals surface area contributed by atoms with E-state index >= 15 is 0 Å². The van der Waals surface area contributed by atoms with Gasteiger partial charge in [-0.3, -0.25) is 4.90 Å². The van der Waals surface area contributed by atoms with E-state index in [2.05, 4.69) is 36.9 Å². The standard InChI is InChI=1S/C14H20ClNO/c1-11-5-12(2)7-13(6-11)9-16-3-4-17-14(8-15)10-16/h5-7,14H,3-4,8-10H2,1-2H3. The topological polar surface area (TPSA) is 12.5 Å². The van der Waals surface area contributed by atoms with Gasteiger partial charge in [-0.15, -0.1) is 11.6 Å². The van der Waals surface area contributed by atoms with Crippen molar-refractivity contribution in [3.63, 3.8) is 0 Å². The fraction of sp³-hybridized carbons (Fsp3) is 0.571. The van der Waals surface area contributed by atoms with Crippen LogP contribution in [0.5, 0.6) is 0 Å². The van der Waals surface area contributed by atoms with Crippen LogP contribution in [-0.4, -0.2) is 36.6 Å². The van der Waals surface area contributed by atoms with E-state index in [-0.39, 0.29) is 6.10 Å². The minimum Gasteiger partial charge on any atom is -0.374 e. The third-order valence-corrected chi connectivity index (χ3v) is 3.43. The predicted molar refractivity (Wildman–Crippen MR) is 71.7 cm³/mol. The van der Waals surface area contributed by atoms with Crippen LogP contribution in [0, 0.1) is 13.8 Å². The van der Waals surface area contributed by atoms with Crippen LogP contribution in [-0.2, 0) is 11.3 Å². The Morgan fingerprint density at radius 1 is 1.29 bits per heavy atom. The molecular weight excluding hydrogens is 234 g/mol. The number of hydrogen-bond donors (Lipinski definition) is 0. The third-order valence-electron chi connectivity index (χ3n) is 3.08. The molecule has 1 atom stereocenters. The van der Waals surface area contributed by atoms with Gasteiger partial charge >= 0.3 is 0 Å². The van der Waals surface area contributed by atoms with Crippen LogP contribution in [0.4, 0.5) is 0 Å². The van der Waals surface area contributed by atoms with Crippen LogP contribution in [0.3, 0.4) is 0 Å². The van der Waals surface area contributed by atoms with Crippen LogP contribution < -0.4 is 0 Å². The zero-order valence-corrected chi connectivity index (χ0v) is 11.3. The lowest BCUT2D eigenvalue weighted by atomic mass is 10.1. The van der Waals surface area contributed by atoms with Crippen LogP contribution in [0.1, 0.15) is 16.7 Å². The van der Waals surface area contributed by atoms with E-state index in [0.717, 1.165) is 26.2 Å². The second kappa shape index (κ2) is 5.85.